The molecule has 0 radical (unpaired) electrons. The summed E-state index contributed by atoms with van der Waals surface area (Å²) in [5.41, 5.74) is 0. The van der Waals surface area contributed by atoms with Crippen molar-refractivity contribution in [2.75, 3.05) is 6.61 Å². The van der Waals surface area contributed by atoms with Gasteiger partial charge in [-0.05, 0) is 18.1 Å². The summed E-state index contributed by atoms with van der Waals surface area (Å²) in [4.78, 5) is 4.07. The Labute approximate surface area is 105 Å². The molecule has 98 valence electrons. The van der Waals surface area contributed by atoms with Crippen molar-refractivity contribution in [3.05, 3.63) is 18.2 Å². The van der Waals surface area contributed by atoms with Crippen LogP contribution in [0.3, 0.4) is 0 Å². The van der Waals surface area contributed by atoms with E-state index in [1.807, 2.05) is 10.8 Å². The number of imidazole rings is 1. The van der Waals surface area contributed by atoms with E-state index in [-0.39, 0.29) is 11.6 Å². The molecular formula is C12H24N2O2Si. The van der Waals surface area contributed by atoms with Crippen molar-refractivity contribution in [3.8, 4) is 0 Å². The van der Waals surface area contributed by atoms with Gasteiger partial charge in [0.25, 0.3) is 0 Å². The molecule has 1 heterocycles. The number of aromatic nitrogens is 2. The van der Waals surface area contributed by atoms with Crippen LogP contribution in [0, 0.1) is 0 Å². The summed E-state index contributed by atoms with van der Waals surface area (Å²) >= 11 is 0. The number of aliphatic hydroxyl groups is 1. The fraction of sp³-hybridized carbons (Fsp3) is 0.750. The largest absolute Gasteiger partial charge is 0.415 e. The minimum absolute atomic E-state index is 0.0207. The van der Waals surface area contributed by atoms with Crippen molar-refractivity contribution >= 4 is 8.32 Å². The van der Waals surface area contributed by atoms with E-state index in [0.717, 1.165) is 6.54 Å². The maximum Gasteiger partial charge on any atom is 0.192 e. The van der Waals surface area contributed by atoms with Crippen LogP contribution in [0.5, 0.6) is 0 Å². The Morgan fingerprint density at radius 1 is 1.41 bits per heavy atom. The van der Waals surface area contributed by atoms with Gasteiger partial charge in [0.1, 0.15) is 12.4 Å². The van der Waals surface area contributed by atoms with Gasteiger partial charge in [0.2, 0.25) is 0 Å². The standard InChI is InChI=1S/C12H24N2O2Si/c1-12(2,3)17(4,5)16-9-8-14-7-6-13-11(14)10-15/h6-7,15H,8-10H2,1-5H3. The highest BCUT2D eigenvalue weighted by atomic mass is 28.4. The number of hydrogen-bond donors (Lipinski definition) is 1. The molecule has 0 saturated carbocycles. The lowest BCUT2D eigenvalue weighted by molar-refractivity contribution is 0.246. The summed E-state index contributed by atoms with van der Waals surface area (Å²) in [7, 11) is -1.66. The molecule has 5 heteroatoms. The highest BCUT2D eigenvalue weighted by Gasteiger charge is 2.36. The van der Waals surface area contributed by atoms with E-state index >= 15 is 0 Å². The molecule has 1 aromatic heterocycles. The molecule has 1 aromatic rings. The van der Waals surface area contributed by atoms with Gasteiger partial charge in [-0.2, -0.15) is 0 Å². The van der Waals surface area contributed by atoms with Crippen molar-refractivity contribution in [2.24, 2.45) is 0 Å². The van der Waals surface area contributed by atoms with E-state index in [2.05, 4.69) is 38.8 Å². The third-order valence-electron chi connectivity index (χ3n) is 3.54. The van der Waals surface area contributed by atoms with Crippen molar-refractivity contribution < 1.29 is 9.53 Å². The lowest BCUT2D eigenvalue weighted by atomic mass is 10.2. The molecule has 0 amide bonds. The van der Waals surface area contributed by atoms with Crippen molar-refractivity contribution in [1.29, 1.82) is 0 Å². The van der Waals surface area contributed by atoms with Crippen LogP contribution in [0.25, 0.3) is 0 Å². The minimum atomic E-state index is -1.66. The Balaban J connectivity index is 2.48. The molecule has 0 fully saturated rings. The van der Waals surface area contributed by atoms with Crippen molar-refractivity contribution in [1.82, 2.24) is 9.55 Å². The minimum Gasteiger partial charge on any atom is -0.415 e. The van der Waals surface area contributed by atoms with Gasteiger partial charge in [-0.1, -0.05) is 20.8 Å². The number of aliphatic hydroxyl groups excluding tert-OH is 1. The van der Waals surface area contributed by atoms with Crippen molar-refractivity contribution in [3.63, 3.8) is 0 Å². The predicted molar refractivity (Wildman–Crippen MR) is 71.3 cm³/mol. The van der Waals surface area contributed by atoms with E-state index < -0.39 is 8.32 Å². The Morgan fingerprint density at radius 2 is 2.06 bits per heavy atom. The van der Waals surface area contributed by atoms with Crippen LogP contribution in [0.1, 0.15) is 26.6 Å². The molecule has 0 aliphatic carbocycles. The first-order valence-corrected chi connectivity index (χ1v) is 8.93. The third-order valence-corrected chi connectivity index (χ3v) is 8.08. The molecule has 0 aliphatic rings. The lowest BCUT2D eigenvalue weighted by Crippen LogP contribution is -2.41. The summed E-state index contributed by atoms with van der Waals surface area (Å²) in [6, 6.07) is 0. The van der Waals surface area contributed by atoms with E-state index in [1.165, 1.54) is 0 Å². The molecule has 1 N–H and O–H groups in total. The molecule has 0 unspecified atom stereocenters. The van der Waals surface area contributed by atoms with Gasteiger partial charge >= 0.3 is 0 Å². The topological polar surface area (TPSA) is 47.3 Å². The van der Waals surface area contributed by atoms with E-state index in [1.54, 1.807) is 6.20 Å². The van der Waals surface area contributed by atoms with Crippen molar-refractivity contribution in [2.45, 2.75) is 52.1 Å². The van der Waals surface area contributed by atoms with Gasteiger partial charge in [0.15, 0.2) is 8.32 Å². The molecular weight excluding hydrogens is 232 g/mol. The molecule has 0 spiro atoms. The summed E-state index contributed by atoms with van der Waals surface area (Å²) in [6.45, 7) is 12.6. The molecule has 0 bridgehead atoms. The smallest absolute Gasteiger partial charge is 0.192 e. The number of rotatable bonds is 5. The van der Waals surface area contributed by atoms with Crippen LogP contribution >= 0.6 is 0 Å². The normalized spacial score (nSPS) is 13.1. The molecule has 1 rings (SSSR count). The van der Waals surface area contributed by atoms with E-state index in [0.29, 0.717) is 12.4 Å². The maximum absolute atomic E-state index is 9.08. The summed E-state index contributed by atoms with van der Waals surface area (Å²) < 4.78 is 8.01. The number of nitrogens with zero attached hydrogens (tertiary/aromatic N) is 2. The van der Waals surface area contributed by atoms with Gasteiger partial charge in [0, 0.05) is 18.9 Å². The molecule has 4 nitrogen and oxygen atoms in total. The Hall–Kier alpha value is -0.653. The summed E-state index contributed by atoms with van der Waals surface area (Å²) in [5.74, 6) is 0.698. The second-order valence-electron chi connectivity index (χ2n) is 5.80. The highest BCUT2D eigenvalue weighted by molar-refractivity contribution is 6.74. The van der Waals surface area contributed by atoms with Crippen LogP contribution in [0.4, 0.5) is 0 Å². The monoisotopic (exact) mass is 256 g/mol. The fourth-order valence-electron chi connectivity index (χ4n) is 1.31. The quantitative estimate of drug-likeness (QED) is 0.823. The lowest BCUT2D eigenvalue weighted by Gasteiger charge is -2.36. The van der Waals surface area contributed by atoms with Gasteiger partial charge in [-0.15, -0.1) is 0 Å². The Morgan fingerprint density at radius 3 is 2.59 bits per heavy atom. The number of hydrogen-bond acceptors (Lipinski definition) is 3. The summed E-state index contributed by atoms with van der Waals surface area (Å²) in [6.07, 6.45) is 3.58. The second-order valence-corrected chi connectivity index (χ2v) is 10.6. The van der Waals surface area contributed by atoms with E-state index in [4.69, 9.17) is 9.53 Å². The zero-order chi connectivity index (χ0) is 13.1. The van der Waals surface area contributed by atoms with Gasteiger partial charge < -0.3 is 14.1 Å². The highest BCUT2D eigenvalue weighted by Crippen LogP contribution is 2.36. The first kappa shape index (κ1) is 14.4. The maximum atomic E-state index is 9.08. The van der Waals surface area contributed by atoms with Crippen LogP contribution in [0.15, 0.2) is 12.4 Å². The summed E-state index contributed by atoms with van der Waals surface area (Å²) in [5, 5.41) is 9.32. The SMILES string of the molecule is CC(C)(C)[Si](C)(C)OCCn1ccnc1CO. The fourth-order valence-corrected chi connectivity index (χ4v) is 2.35. The van der Waals surface area contributed by atoms with Gasteiger partial charge in [-0.25, -0.2) is 4.98 Å². The molecule has 0 saturated heterocycles. The first-order chi connectivity index (χ1) is 7.78. The van der Waals surface area contributed by atoms with Crippen LogP contribution < -0.4 is 0 Å². The Kier molecular flexibility index (Phi) is 4.52. The third kappa shape index (κ3) is 3.66. The second kappa shape index (κ2) is 5.33. The van der Waals surface area contributed by atoms with Crippen LogP contribution in [-0.2, 0) is 17.6 Å². The zero-order valence-electron chi connectivity index (χ0n) is 11.5. The van der Waals surface area contributed by atoms with Crippen LogP contribution in [0.2, 0.25) is 18.1 Å². The molecule has 0 aromatic carbocycles. The average molecular weight is 256 g/mol. The first-order valence-electron chi connectivity index (χ1n) is 6.03. The average Bonchev–Trinajstić information content (AvgIpc) is 2.63. The molecule has 0 aliphatic heterocycles. The Bertz CT molecular complexity index is 356. The predicted octanol–water partition coefficient (Wildman–Crippen LogP) is 2.40. The molecule has 17 heavy (non-hydrogen) atoms. The van der Waals surface area contributed by atoms with Crippen LogP contribution in [-0.4, -0.2) is 29.6 Å². The van der Waals surface area contributed by atoms with E-state index in [9.17, 15) is 0 Å². The molecule has 0 atom stereocenters. The van der Waals surface area contributed by atoms with Gasteiger partial charge in [0.05, 0.1) is 6.61 Å². The zero-order valence-corrected chi connectivity index (χ0v) is 12.5. The van der Waals surface area contributed by atoms with Gasteiger partial charge in [-0.3, -0.25) is 0 Å².